The van der Waals surface area contributed by atoms with Crippen molar-refractivity contribution in [3.8, 4) is 0 Å². The predicted molar refractivity (Wildman–Crippen MR) is 77.2 cm³/mol. The lowest BCUT2D eigenvalue weighted by atomic mass is 10.1. The molecule has 0 fully saturated rings. The number of alkyl halides is 1. The van der Waals surface area contributed by atoms with Crippen LogP contribution >= 0.6 is 11.6 Å². The summed E-state index contributed by atoms with van der Waals surface area (Å²) in [4.78, 5) is 11.8. The summed E-state index contributed by atoms with van der Waals surface area (Å²) >= 11 is 5.64. The number of anilines is 1. The minimum atomic E-state index is -0.211. The van der Waals surface area contributed by atoms with Gasteiger partial charge in [0.1, 0.15) is 0 Å². The van der Waals surface area contributed by atoms with Gasteiger partial charge in [0.2, 0.25) is 0 Å². The smallest absolute Gasteiger partial charge is 0.169 e. The first kappa shape index (κ1) is 15.0. The largest absolute Gasteiger partial charge is 0.375 e. The highest BCUT2D eigenvalue weighted by Gasteiger charge is 2.16. The Morgan fingerprint density at radius 1 is 1.33 bits per heavy atom. The number of Topliss-reactive ketones (excluding diaryl/α,β-unsaturated/α-hetero) is 1. The number of nitrogens with two attached hydrogens (primary N) is 1. The summed E-state index contributed by atoms with van der Waals surface area (Å²) in [6.07, 6.45) is 2.64. The second-order valence-corrected chi connectivity index (χ2v) is 4.71. The molecular formula is C14H21ClN2O. The molecule has 100 valence electrons. The maximum absolute atomic E-state index is 11.8. The highest BCUT2D eigenvalue weighted by Crippen LogP contribution is 2.13. The molecule has 0 radical (unpaired) electrons. The van der Waals surface area contributed by atoms with Crippen LogP contribution in [0.2, 0.25) is 0 Å². The van der Waals surface area contributed by atoms with Crippen molar-refractivity contribution in [2.75, 3.05) is 17.7 Å². The van der Waals surface area contributed by atoms with Crippen LogP contribution in [-0.4, -0.2) is 24.2 Å². The molecule has 0 aliphatic carbocycles. The zero-order valence-electron chi connectivity index (χ0n) is 10.8. The number of carbonyl (C=O) groups is 1. The lowest BCUT2D eigenvalue weighted by Crippen LogP contribution is -2.30. The fourth-order valence-electron chi connectivity index (χ4n) is 1.75. The van der Waals surface area contributed by atoms with Crippen LogP contribution in [-0.2, 0) is 4.79 Å². The van der Waals surface area contributed by atoms with Crippen LogP contribution in [0.25, 0.3) is 0 Å². The summed E-state index contributed by atoms with van der Waals surface area (Å²) < 4.78 is 0. The lowest BCUT2D eigenvalue weighted by molar-refractivity contribution is -0.117. The molecule has 4 heteroatoms. The summed E-state index contributed by atoms with van der Waals surface area (Å²) in [6, 6.07) is 7.78. The molecule has 0 bridgehead atoms. The average Bonchev–Trinajstić information content (AvgIpc) is 2.39. The van der Waals surface area contributed by atoms with Gasteiger partial charge in [-0.2, -0.15) is 0 Å². The van der Waals surface area contributed by atoms with Crippen LogP contribution in [0.3, 0.4) is 0 Å². The molecule has 0 aromatic heterocycles. The van der Waals surface area contributed by atoms with Crippen LogP contribution in [0, 0.1) is 6.92 Å². The Bertz CT molecular complexity index is 365. The Labute approximate surface area is 114 Å². The molecule has 0 aliphatic heterocycles. The second kappa shape index (κ2) is 8.11. The zero-order chi connectivity index (χ0) is 13.4. The number of halogens is 1. The molecule has 0 amide bonds. The first-order valence-electron chi connectivity index (χ1n) is 6.29. The molecule has 1 atom stereocenters. The van der Waals surface area contributed by atoms with Crippen LogP contribution < -0.4 is 11.1 Å². The molecule has 3 N–H and O–H groups in total. The first-order valence-corrected chi connectivity index (χ1v) is 6.82. The number of rotatable bonds is 8. The van der Waals surface area contributed by atoms with Crippen LogP contribution in [0.5, 0.6) is 0 Å². The Hall–Kier alpha value is -1.06. The van der Waals surface area contributed by atoms with Gasteiger partial charge in [0, 0.05) is 5.69 Å². The third-order valence-electron chi connectivity index (χ3n) is 2.86. The fourth-order valence-corrected chi connectivity index (χ4v) is 1.94. The Morgan fingerprint density at radius 2 is 2.00 bits per heavy atom. The van der Waals surface area contributed by atoms with Gasteiger partial charge < -0.3 is 11.1 Å². The summed E-state index contributed by atoms with van der Waals surface area (Å²) in [6.45, 7) is 2.69. The van der Waals surface area contributed by atoms with Crippen molar-refractivity contribution in [1.82, 2.24) is 0 Å². The van der Waals surface area contributed by atoms with Crippen molar-refractivity contribution in [2.45, 2.75) is 32.2 Å². The van der Waals surface area contributed by atoms with Crippen molar-refractivity contribution in [3.05, 3.63) is 29.8 Å². The van der Waals surface area contributed by atoms with E-state index in [1.807, 2.05) is 31.2 Å². The monoisotopic (exact) mass is 268 g/mol. The van der Waals surface area contributed by atoms with E-state index in [2.05, 4.69) is 5.32 Å². The molecule has 1 aromatic carbocycles. The number of hydrogen-bond donors (Lipinski definition) is 2. The Morgan fingerprint density at radius 3 is 2.56 bits per heavy atom. The number of benzene rings is 1. The number of carbonyl (C=O) groups excluding carboxylic acids is 1. The lowest BCUT2D eigenvalue weighted by Gasteiger charge is -2.18. The van der Waals surface area contributed by atoms with E-state index in [-0.39, 0.29) is 17.7 Å². The molecule has 0 aliphatic rings. The van der Waals surface area contributed by atoms with Gasteiger partial charge >= 0.3 is 0 Å². The molecular weight excluding hydrogens is 248 g/mol. The van der Waals surface area contributed by atoms with Crippen molar-refractivity contribution in [2.24, 2.45) is 5.73 Å². The van der Waals surface area contributed by atoms with Crippen molar-refractivity contribution in [3.63, 3.8) is 0 Å². The minimum Gasteiger partial charge on any atom is -0.375 e. The Kier molecular flexibility index (Phi) is 6.76. The molecule has 3 nitrogen and oxygen atoms in total. The standard InChI is InChI=1S/C14H21ClN2O/c1-11-5-7-12(8-6-11)17-13(14(18)10-15)4-2-3-9-16/h5-8,13,17H,2-4,9-10,16H2,1H3/t13-/m0/s1. The van der Waals surface area contributed by atoms with E-state index < -0.39 is 0 Å². The topological polar surface area (TPSA) is 55.1 Å². The summed E-state index contributed by atoms with van der Waals surface area (Å²) in [5.74, 6) is 0.0841. The van der Waals surface area contributed by atoms with Gasteiger partial charge in [0.05, 0.1) is 11.9 Å². The minimum absolute atomic E-state index is 0.0364. The quantitative estimate of drug-likeness (QED) is 0.563. The van der Waals surface area contributed by atoms with E-state index in [9.17, 15) is 4.79 Å². The molecule has 0 saturated carbocycles. The maximum Gasteiger partial charge on any atom is 0.169 e. The van der Waals surface area contributed by atoms with Gasteiger partial charge in [-0.3, -0.25) is 4.79 Å². The first-order chi connectivity index (χ1) is 8.67. The van der Waals surface area contributed by atoms with Gasteiger partial charge in [-0.15, -0.1) is 11.6 Å². The summed E-state index contributed by atoms with van der Waals surface area (Å²) in [5.41, 5.74) is 7.61. The van der Waals surface area contributed by atoms with Crippen molar-refractivity contribution < 1.29 is 4.79 Å². The fraction of sp³-hybridized carbons (Fsp3) is 0.500. The molecule has 0 spiro atoms. The number of ketones is 1. The van der Waals surface area contributed by atoms with Crippen LogP contribution in [0.1, 0.15) is 24.8 Å². The van der Waals surface area contributed by atoms with Crippen LogP contribution in [0.15, 0.2) is 24.3 Å². The molecule has 0 saturated heterocycles. The van der Waals surface area contributed by atoms with Crippen LogP contribution in [0.4, 0.5) is 5.69 Å². The zero-order valence-corrected chi connectivity index (χ0v) is 11.5. The molecule has 1 aromatic rings. The second-order valence-electron chi connectivity index (χ2n) is 4.45. The van der Waals surface area contributed by atoms with Crippen molar-refractivity contribution >= 4 is 23.1 Å². The molecule has 0 unspecified atom stereocenters. The maximum atomic E-state index is 11.8. The summed E-state index contributed by atoms with van der Waals surface area (Å²) in [5, 5.41) is 3.24. The third kappa shape index (κ3) is 5.07. The predicted octanol–water partition coefficient (Wildman–Crippen LogP) is 2.71. The number of unbranched alkanes of at least 4 members (excludes halogenated alkanes) is 1. The number of nitrogens with one attached hydrogen (secondary N) is 1. The van der Waals surface area contributed by atoms with Gasteiger partial charge in [-0.1, -0.05) is 17.7 Å². The van der Waals surface area contributed by atoms with Gasteiger partial charge in [-0.05, 0) is 44.9 Å². The molecule has 0 heterocycles. The highest BCUT2D eigenvalue weighted by molar-refractivity contribution is 6.28. The third-order valence-corrected chi connectivity index (χ3v) is 3.12. The summed E-state index contributed by atoms with van der Waals surface area (Å²) in [7, 11) is 0. The molecule has 18 heavy (non-hydrogen) atoms. The van der Waals surface area contributed by atoms with Gasteiger partial charge in [0.15, 0.2) is 5.78 Å². The van der Waals surface area contributed by atoms with E-state index in [0.29, 0.717) is 6.54 Å². The van der Waals surface area contributed by atoms with E-state index in [0.717, 1.165) is 24.9 Å². The van der Waals surface area contributed by atoms with Gasteiger partial charge in [-0.25, -0.2) is 0 Å². The average molecular weight is 269 g/mol. The number of aryl methyl sites for hydroxylation is 1. The van der Waals surface area contributed by atoms with Gasteiger partial charge in [0.25, 0.3) is 0 Å². The van der Waals surface area contributed by atoms with E-state index in [1.54, 1.807) is 0 Å². The van der Waals surface area contributed by atoms with E-state index in [4.69, 9.17) is 17.3 Å². The normalized spacial score (nSPS) is 12.2. The Balaban J connectivity index is 2.59. The highest BCUT2D eigenvalue weighted by atomic mass is 35.5. The number of hydrogen-bond acceptors (Lipinski definition) is 3. The van der Waals surface area contributed by atoms with E-state index >= 15 is 0 Å². The molecule has 1 rings (SSSR count). The van der Waals surface area contributed by atoms with E-state index in [1.165, 1.54) is 5.56 Å². The SMILES string of the molecule is Cc1ccc(N[C@@H](CCCCN)C(=O)CCl)cc1. The van der Waals surface area contributed by atoms with Crippen molar-refractivity contribution in [1.29, 1.82) is 0 Å².